The zero-order valence-electron chi connectivity index (χ0n) is 23.6. The van der Waals surface area contributed by atoms with Gasteiger partial charge in [-0.1, -0.05) is 6.07 Å². The molecule has 0 spiro atoms. The molecule has 3 aromatic heterocycles. The third-order valence-electron chi connectivity index (χ3n) is 6.95. The first-order chi connectivity index (χ1) is 19.9. The van der Waals surface area contributed by atoms with Gasteiger partial charge >= 0.3 is 0 Å². The quantitative estimate of drug-likeness (QED) is 0.259. The average Bonchev–Trinajstić information content (AvgIpc) is 2.97. The van der Waals surface area contributed by atoms with E-state index in [0.29, 0.717) is 17.4 Å². The van der Waals surface area contributed by atoms with Crippen LogP contribution in [0.4, 0.5) is 27.5 Å². The molecule has 41 heavy (non-hydrogen) atoms. The maximum Gasteiger partial charge on any atom is 0.168 e. The van der Waals surface area contributed by atoms with Crippen LogP contribution in [0.25, 0.3) is 22.5 Å². The molecular weight excluding hydrogens is 521 g/mol. The zero-order chi connectivity index (χ0) is 28.8. The first kappa shape index (κ1) is 28.2. The molecule has 1 aromatic carbocycles. The highest BCUT2D eigenvalue weighted by atomic mass is 19.1. The molecule has 1 atom stereocenters. The molecule has 0 amide bonds. The molecule has 4 aromatic rings. The van der Waals surface area contributed by atoms with Crippen molar-refractivity contribution < 1.29 is 9.13 Å². The van der Waals surface area contributed by atoms with Crippen LogP contribution in [0.15, 0.2) is 61.1 Å². The third-order valence-corrected chi connectivity index (χ3v) is 6.95. The first-order valence-corrected chi connectivity index (χ1v) is 13.7. The van der Waals surface area contributed by atoms with Gasteiger partial charge in [-0.2, -0.15) is 0 Å². The number of pyridine rings is 2. The number of rotatable bonds is 10. The van der Waals surface area contributed by atoms with Crippen LogP contribution in [-0.4, -0.2) is 78.3 Å². The Bertz CT molecular complexity index is 1470. The van der Waals surface area contributed by atoms with Crippen LogP contribution in [-0.2, 0) is 0 Å². The van der Waals surface area contributed by atoms with Gasteiger partial charge < -0.3 is 30.9 Å². The molecule has 4 heterocycles. The number of piperidine rings is 1. The van der Waals surface area contributed by atoms with Crippen molar-refractivity contribution in [3.05, 3.63) is 66.9 Å². The number of methoxy groups -OCH3 is 1. The largest absolute Gasteiger partial charge is 0.496 e. The maximum atomic E-state index is 14.7. The van der Waals surface area contributed by atoms with E-state index in [1.165, 1.54) is 13.2 Å². The van der Waals surface area contributed by atoms with Gasteiger partial charge in [-0.25, -0.2) is 24.3 Å². The van der Waals surface area contributed by atoms with Gasteiger partial charge in [0, 0.05) is 73.7 Å². The van der Waals surface area contributed by atoms with E-state index in [4.69, 9.17) is 15.5 Å². The van der Waals surface area contributed by atoms with Gasteiger partial charge in [-0.15, -0.1) is 0 Å². The summed E-state index contributed by atoms with van der Waals surface area (Å²) in [6.45, 7) is 3.38. The Morgan fingerprint density at radius 2 is 1.93 bits per heavy atom. The van der Waals surface area contributed by atoms with E-state index in [2.05, 4.69) is 41.5 Å². The zero-order valence-corrected chi connectivity index (χ0v) is 23.6. The van der Waals surface area contributed by atoms with Crippen LogP contribution in [0, 0.1) is 5.82 Å². The monoisotopic (exact) mass is 557 g/mol. The molecule has 0 saturated carbocycles. The second-order valence-corrected chi connectivity index (χ2v) is 10.3. The number of halogens is 1. The minimum absolute atomic E-state index is 0.0998. The van der Waals surface area contributed by atoms with E-state index < -0.39 is 5.82 Å². The minimum Gasteiger partial charge on any atom is -0.496 e. The molecule has 1 aliphatic rings. The van der Waals surface area contributed by atoms with Crippen LogP contribution in [0.1, 0.15) is 12.8 Å². The molecule has 1 aliphatic heterocycles. The summed E-state index contributed by atoms with van der Waals surface area (Å²) in [5.74, 6) is 2.03. The van der Waals surface area contributed by atoms with Gasteiger partial charge in [0.05, 0.1) is 12.7 Å². The highest BCUT2D eigenvalue weighted by Crippen LogP contribution is 2.35. The van der Waals surface area contributed by atoms with Crippen LogP contribution in [0.3, 0.4) is 0 Å². The molecule has 1 fully saturated rings. The Morgan fingerprint density at radius 3 is 2.68 bits per heavy atom. The number of hydrogen-bond acceptors (Lipinski definition) is 10. The molecular formula is C30H36FN9O. The number of nitrogens with zero attached hydrogens (tertiary/aromatic N) is 6. The average molecular weight is 558 g/mol. The minimum atomic E-state index is -0.458. The predicted octanol–water partition coefficient (Wildman–Crippen LogP) is 4.39. The topological polar surface area (TPSA) is 117 Å². The van der Waals surface area contributed by atoms with E-state index in [-0.39, 0.29) is 17.4 Å². The Morgan fingerprint density at radius 1 is 1.07 bits per heavy atom. The lowest BCUT2D eigenvalue weighted by atomic mass is 10.0. The molecule has 4 N–H and O–H groups in total. The molecule has 1 saturated heterocycles. The molecule has 11 heteroatoms. The van der Waals surface area contributed by atoms with Gasteiger partial charge in [0.1, 0.15) is 29.0 Å². The van der Waals surface area contributed by atoms with Crippen molar-refractivity contribution in [2.45, 2.75) is 18.9 Å². The van der Waals surface area contributed by atoms with Crippen LogP contribution < -0.4 is 26.0 Å². The number of ether oxygens (including phenoxy) is 1. The van der Waals surface area contributed by atoms with Crippen LogP contribution in [0.2, 0.25) is 0 Å². The summed E-state index contributed by atoms with van der Waals surface area (Å²) < 4.78 is 20.0. The SMILES string of the molecule is COc1cccc(F)c1-c1nccc(Nc2cc(N3CCC[C@H](N)C3)c(-c3ccc(NCCN(C)C)nc3)cn2)n1. The summed E-state index contributed by atoms with van der Waals surface area (Å²) in [7, 11) is 5.58. The summed E-state index contributed by atoms with van der Waals surface area (Å²) in [6, 6.07) is 12.5. The maximum absolute atomic E-state index is 14.7. The Labute approximate surface area is 239 Å². The number of hydrogen-bond donors (Lipinski definition) is 3. The number of likely N-dealkylation sites (N-methyl/N-ethyl adjacent to an activating group) is 1. The highest BCUT2D eigenvalue weighted by Gasteiger charge is 2.21. The van der Waals surface area contributed by atoms with E-state index in [9.17, 15) is 4.39 Å². The van der Waals surface area contributed by atoms with E-state index in [1.807, 2.05) is 38.6 Å². The summed E-state index contributed by atoms with van der Waals surface area (Å²) in [5.41, 5.74) is 9.50. The van der Waals surface area contributed by atoms with E-state index >= 15 is 0 Å². The standard InChI is InChI=1S/C30H36FN9O/c1-39(2)15-13-33-26-10-9-20(17-35-26)22-18-36-28(16-24(22)40-14-5-6-21(32)19-40)37-27-11-12-34-30(38-27)29-23(31)7-4-8-25(29)41-3/h4,7-12,16-18,21H,5-6,13-15,19,32H2,1-3H3,(H,33,35)(H,34,36,37,38)/t21-/m0/s1. The van der Waals surface area contributed by atoms with Gasteiger partial charge in [0.25, 0.3) is 0 Å². The van der Waals surface area contributed by atoms with Gasteiger partial charge in [0.2, 0.25) is 0 Å². The van der Waals surface area contributed by atoms with E-state index in [1.54, 1.807) is 24.4 Å². The van der Waals surface area contributed by atoms with Crippen LogP contribution in [0.5, 0.6) is 5.75 Å². The Kier molecular flexibility index (Phi) is 8.85. The van der Waals surface area contributed by atoms with Gasteiger partial charge in [-0.3, -0.25) is 0 Å². The van der Waals surface area contributed by atoms with E-state index in [0.717, 1.165) is 61.7 Å². The van der Waals surface area contributed by atoms with Crippen molar-refractivity contribution in [2.75, 3.05) is 62.9 Å². The number of benzene rings is 1. The van der Waals surface area contributed by atoms with Crippen molar-refractivity contribution in [1.29, 1.82) is 0 Å². The van der Waals surface area contributed by atoms with Crippen molar-refractivity contribution in [3.8, 4) is 28.3 Å². The number of aromatic nitrogens is 4. The lowest BCUT2D eigenvalue weighted by Crippen LogP contribution is -2.43. The smallest absolute Gasteiger partial charge is 0.168 e. The van der Waals surface area contributed by atoms with Gasteiger partial charge in [0.15, 0.2) is 5.82 Å². The molecule has 5 rings (SSSR count). The Balaban J connectivity index is 1.43. The third kappa shape index (κ3) is 6.87. The molecule has 214 valence electrons. The fourth-order valence-electron chi connectivity index (χ4n) is 4.86. The second kappa shape index (κ2) is 12.9. The molecule has 0 aliphatic carbocycles. The number of nitrogens with one attached hydrogen (secondary N) is 2. The number of nitrogens with two attached hydrogens (primary N) is 1. The van der Waals surface area contributed by atoms with Crippen LogP contribution >= 0.6 is 0 Å². The number of anilines is 4. The lowest BCUT2D eigenvalue weighted by molar-refractivity contribution is 0.413. The highest BCUT2D eigenvalue weighted by molar-refractivity contribution is 5.80. The summed E-state index contributed by atoms with van der Waals surface area (Å²) in [5, 5.41) is 6.62. The molecule has 0 unspecified atom stereocenters. The fourth-order valence-corrected chi connectivity index (χ4v) is 4.86. The summed E-state index contributed by atoms with van der Waals surface area (Å²) in [6.07, 6.45) is 7.30. The molecule has 10 nitrogen and oxygen atoms in total. The molecule has 0 radical (unpaired) electrons. The first-order valence-electron chi connectivity index (χ1n) is 13.7. The van der Waals surface area contributed by atoms with Gasteiger partial charge in [-0.05, 0) is 57.3 Å². The normalized spacial score (nSPS) is 15.2. The molecule has 0 bridgehead atoms. The predicted molar refractivity (Wildman–Crippen MR) is 161 cm³/mol. The Hall–Kier alpha value is -4.35. The van der Waals surface area contributed by atoms with Crippen molar-refractivity contribution in [3.63, 3.8) is 0 Å². The van der Waals surface area contributed by atoms with Crippen molar-refractivity contribution in [1.82, 2.24) is 24.8 Å². The van der Waals surface area contributed by atoms with Crippen molar-refractivity contribution >= 4 is 23.1 Å². The fraction of sp³-hybridized carbons (Fsp3) is 0.333. The lowest BCUT2D eigenvalue weighted by Gasteiger charge is -2.34. The van der Waals surface area contributed by atoms with Crippen molar-refractivity contribution in [2.24, 2.45) is 5.73 Å². The summed E-state index contributed by atoms with van der Waals surface area (Å²) in [4.78, 5) is 22.6. The summed E-state index contributed by atoms with van der Waals surface area (Å²) >= 11 is 0. The second-order valence-electron chi connectivity index (χ2n) is 10.3.